The zero-order valence-electron chi connectivity index (χ0n) is 26.1. The summed E-state index contributed by atoms with van der Waals surface area (Å²) in [4.78, 5) is 12.3. The van der Waals surface area contributed by atoms with Gasteiger partial charge in [-0.1, -0.05) is 176 Å². The second kappa shape index (κ2) is 14.4. The lowest BCUT2D eigenvalue weighted by Crippen LogP contribution is -2.74. The topological polar surface area (TPSA) is 25.9 Å². The number of nitrogens with zero attached hydrogens (tertiary/aromatic N) is 2. The lowest BCUT2D eigenvalue weighted by Gasteiger charge is -2.44. The first-order valence-corrected chi connectivity index (χ1v) is 15.7. The van der Waals surface area contributed by atoms with E-state index in [-0.39, 0.29) is 5.78 Å². The van der Waals surface area contributed by atoms with E-state index in [0.29, 0.717) is 0 Å². The fourth-order valence-corrected chi connectivity index (χ4v) is 6.45. The molecule has 0 aliphatic heterocycles. The highest BCUT2D eigenvalue weighted by molar-refractivity contribution is 7.19. The molecule has 224 valence electrons. The zero-order chi connectivity index (χ0) is 31.6. The molecule has 0 aliphatic carbocycles. The SMILES string of the molecule is C[n+]1ccn(Cc2ccc(C(=O)c3ccccc3)cc2)c1.c1ccc([B-](c2ccccc2)(c2ccccc2)c2ccccc2)cc1. The van der Waals surface area contributed by atoms with Crippen molar-refractivity contribution >= 4 is 33.8 Å². The number of aromatic nitrogens is 2. The van der Waals surface area contributed by atoms with E-state index in [9.17, 15) is 4.79 Å². The highest BCUT2D eigenvalue weighted by atomic mass is 16.1. The van der Waals surface area contributed by atoms with Crippen molar-refractivity contribution in [1.82, 2.24) is 4.57 Å². The Morgan fingerprint density at radius 2 is 0.891 bits per heavy atom. The van der Waals surface area contributed by atoms with E-state index in [4.69, 9.17) is 0 Å². The summed E-state index contributed by atoms with van der Waals surface area (Å²) in [6, 6.07) is 60.7. The molecule has 0 atom stereocenters. The Kier molecular flexibility index (Phi) is 9.46. The van der Waals surface area contributed by atoms with Crippen molar-refractivity contribution in [1.29, 1.82) is 0 Å². The molecule has 0 aliphatic rings. The summed E-state index contributed by atoms with van der Waals surface area (Å²) in [5.74, 6) is 0.0644. The van der Waals surface area contributed by atoms with Crippen LogP contribution in [0.25, 0.3) is 0 Å². The lowest BCUT2D eigenvalue weighted by atomic mass is 9.13. The number of ketones is 1. The standard InChI is InChI=1S/C24H20B.C18H17N2O/c1-5-13-21(14-6-1)25(22-15-7-2-8-16-22,23-17-9-3-10-18-23)24-19-11-4-12-20-24;1-19-11-12-20(14-19)13-15-7-9-17(10-8-15)18(21)16-5-3-2-4-6-16/h1-20H;2-12,14H,13H2,1H3/q-1;+1. The van der Waals surface area contributed by atoms with Gasteiger partial charge in [0.15, 0.2) is 5.78 Å². The van der Waals surface area contributed by atoms with Gasteiger partial charge in [0, 0.05) is 11.1 Å². The summed E-state index contributed by atoms with van der Waals surface area (Å²) >= 11 is 0. The van der Waals surface area contributed by atoms with Crippen molar-refractivity contribution < 1.29 is 9.36 Å². The molecule has 0 saturated heterocycles. The number of rotatable bonds is 8. The third-order valence-corrected chi connectivity index (χ3v) is 8.64. The third-order valence-electron chi connectivity index (χ3n) is 8.64. The van der Waals surface area contributed by atoms with Crippen molar-refractivity contribution in [3.8, 4) is 0 Å². The summed E-state index contributed by atoms with van der Waals surface area (Å²) in [5, 5.41) is 0. The van der Waals surface area contributed by atoms with Crippen LogP contribution in [0, 0.1) is 0 Å². The van der Waals surface area contributed by atoms with Gasteiger partial charge in [-0.15, -0.1) is 0 Å². The smallest absolute Gasteiger partial charge is 0.243 e. The van der Waals surface area contributed by atoms with Gasteiger partial charge in [0.25, 0.3) is 0 Å². The van der Waals surface area contributed by atoms with Gasteiger partial charge in [0.2, 0.25) is 6.33 Å². The van der Waals surface area contributed by atoms with Gasteiger partial charge in [0.1, 0.15) is 25.1 Å². The first-order valence-electron chi connectivity index (χ1n) is 15.7. The number of carbonyl (C=O) groups excluding carboxylic acids is 1. The maximum atomic E-state index is 12.3. The Labute approximate surface area is 272 Å². The molecule has 0 unspecified atom stereocenters. The van der Waals surface area contributed by atoms with Crippen molar-refractivity contribution in [2.24, 2.45) is 7.05 Å². The van der Waals surface area contributed by atoms with Gasteiger partial charge < -0.3 is 0 Å². The molecule has 4 heteroatoms. The van der Waals surface area contributed by atoms with Gasteiger partial charge in [0.05, 0.1) is 7.05 Å². The van der Waals surface area contributed by atoms with Gasteiger partial charge >= 0.3 is 0 Å². The molecule has 7 rings (SSSR count). The van der Waals surface area contributed by atoms with Crippen LogP contribution < -0.4 is 26.4 Å². The summed E-state index contributed by atoms with van der Waals surface area (Å²) in [5.41, 5.74) is 7.98. The number of benzene rings is 6. The average Bonchev–Trinajstić information content (AvgIpc) is 3.55. The van der Waals surface area contributed by atoms with Crippen LogP contribution in [0.4, 0.5) is 0 Å². The van der Waals surface area contributed by atoms with Crippen LogP contribution in [-0.4, -0.2) is 16.5 Å². The molecule has 6 aromatic carbocycles. The molecule has 0 fully saturated rings. The predicted molar refractivity (Wildman–Crippen MR) is 191 cm³/mol. The molecule has 0 N–H and O–H groups in total. The van der Waals surface area contributed by atoms with E-state index in [1.165, 1.54) is 27.4 Å². The Morgan fingerprint density at radius 3 is 1.26 bits per heavy atom. The summed E-state index contributed by atoms with van der Waals surface area (Å²) in [6.07, 6.45) is 4.85. The normalized spacial score (nSPS) is 10.9. The summed E-state index contributed by atoms with van der Waals surface area (Å²) < 4.78 is 4.11. The van der Waals surface area contributed by atoms with Crippen LogP contribution in [0.5, 0.6) is 0 Å². The van der Waals surface area contributed by atoms with Gasteiger partial charge in [-0.2, -0.15) is 21.9 Å². The Hall–Kier alpha value is -5.74. The van der Waals surface area contributed by atoms with Gasteiger partial charge in [-0.05, 0) is 5.56 Å². The number of carbonyl (C=O) groups is 1. The van der Waals surface area contributed by atoms with E-state index in [2.05, 4.69) is 126 Å². The largest absolute Gasteiger partial charge is 0.289 e. The number of hydrogen-bond acceptors (Lipinski definition) is 1. The first-order chi connectivity index (χ1) is 22.6. The molecule has 3 nitrogen and oxygen atoms in total. The quantitative estimate of drug-likeness (QED) is 0.126. The van der Waals surface area contributed by atoms with E-state index in [1.807, 2.05) is 84.9 Å². The van der Waals surface area contributed by atoms with Crippen LogP contribution in [-0.2, 0) is 13.6 Å². The summed E-state index contributed by atoms with van der Waals surface area (Å²) in [7, 11) is 2.00. The van der Waals surface area contributed by atoms with Gasteiger partial charge in [-0.3, -0.25) is 4.79 Å². The van der Waals surface area contributed by atoms with Gasteiger partial charge in [-0.25, -0.2) is 9.13 Å². The highest BCUT2D eigenvalue weighted by Crippen LogP contribution is 2.12. The molecule has 1 heterocycles. The first kappa shape index (κ1) is 30.3. The molecule has 0 saturated carbocycles. The molecule has 0 amide bonds. The van der Waals surface area contributed by atoms with E-state index in [1.54, 1.807) is 0 Å². The molecular formula is C42H37BN2O. The molecule has 7 aromatic rings. The second-order valence-electron chi connectivity index (χ2n) is 11.7. The van der Waals surface area contributed by atoms with E-state index < -0.39 is 6.15 Å². The molecule has 0 radical (unpaired) electrons. The van der Waals surface area contributed by atoms with Crippen LogP contribution >= 0.6 is 0 Å². The maximum absolute atomic E-state index is 12.3. The Balaban J connectivity index is 0.000000164. The summed E-state index contributed by atoms with van der Waals surface area (Å²) in [6.45, 7) is 0.806. The monoisotopic (exact) mass is 596 g/mol. The van der Waals surface area contributed by atoms with Crippen molar-refractivity contribution in [3.05, 3.63) is 211 Å². The van der Waals surface area contributed by atoms with Crippen LogP contribution in [0.1, 0.15) is 21.5 Å². The minimum Gasteiger partial charge on any atom is -0.289 e. The maximum Gasteiger partial charge on any atom is 0.243 e. The fourth-order valence-electron chi connectivity index (χ4n) is 6.45. The van der Waals surface area contributed by atoms with Crippen LogP contribution in [0.3, 0.4) is 0 Å². The van der Waals surface area contributed by atoms with Crippen molar-refractivity contribution in [3.63, 3.8) is 0 Å². The number of aryl methyl sites for hydroxylation is 1. The molecule has 46 heavy (non-hydrogen) atoms. The number of hydrogen-bond donors (Lipinski definition) is 0. The van der Waals surface area contributed by atoms with Crippen LogP contribution in [0.15, 0.2) is 195 Å². The number of imidazole rings is 1. The predicted octanol–water partition coefficient (Wildman–Crippen LogP) is 5.66. The van der Waals surface area contributed by atoms with Crippen LogP contribution in [0.2, 0.25) is 0 Å². The lowest BCUT2D eigenvalue weighted by molar-refractivity contribution is -0.671. The van der Waals surface area contributed by atoms with Crippen molar-refractivity contribution in [2.75, 3.05) is 0 Å². The molecule has 0 bridgehead atoms. The Morgan fingerprint density at radius 1 is 0.522 bits per heavy atom. The van der Waals surface area contributed by atoms with Crippen molar-refractivity contribution in [2.45, 2.75) is 6.54 Å². The molecule has 0 spiro atoms. The van der Waals surface area contributed by atoms with E-state index >= 15 is 0 Å². The average molecular weight is 597 g/mol. The third kappa shape index (κ3) is 6.67. The zero-order valence-corrected chi connectivity index (χ0v) is 26.1. The van der Waals surface area contributed by atoms with E-state index in [0.717, 1.165) is 17.7 Å². The second-order valence-corrected chi connectivity index (χ2v) is 11.7. The minimum absolute atomic E-state index is 0.0644. The molecule has 1 aromatic heterocycles. The Bertz CT molecular complexity index is 1790. The fraction of sp³-hybridized carbons (Fsp3) is 0.0476. The molecular weight excluding hydrogens is 559 g/mol. The minimum atomic E-state index is -1.22. The highest BCUT2D eigenvalue weighted by Gasteiger charge is 2.31.